The van der Waals surface area contributed by atoms with Gasteiger partial charge in [0.05, 0.1) is 0 Å². The van der Waals surface area contributed by atoms with Crippen molar-refractivity contribution in [2.75, 3.05) is 0 Å². The molecule has 0 unspecified atom stereocenters. The quantitative estimate of drug-likeness (QED) is 0.483. The summed E-state index contributed by atoms with van der Waals surface area (Å²) < 4.78 is 26.8. The van der Waals surface area contributed by atoms with Crippen LogP contribution in [0.3, 0.4) is 0 Å². The third-order valence-electron chi connectivity index (χ3n) is 0.222. The molecule has 1 rings (SSSR count). The van der Waals surface area contributed by atoms with Crippen LogP contribution >= 0.6 is 12.3 Å². The predicted molar refractivity (Wildman–Crippen MR) is 23.7 cm³/mol. The molecule has 44 valence electrons. The van der Waals surface area contributed by atoms with Gasteiger partial charge >= 0.3 is 10.4 Å². The molecule has 5 nitrogen and oxygen atoms in total. The van der Waals surface area contributed by atoms with Gasteiger partial charge in [0, 0.05) is 0 Å². The SMILES string of the molecule is N.O=S1(=O)OSO1. The molecule has 0 amide bonds. The topological polar surface area (TPSA) is 87.6 Å². The van der Waals surface area contributed by atoms with Crippen molar-refractivity contribution in [3.05, 3.63) is 0 Å². The van der Waals surface area contributed by atoms with Gasteiger partial charge in [0.1, 0.15) is 0 Å². The maximum Gasteiger partial charge on any atom is 0.425 e. The van der Waals surface area contributed by atoms with Crippen LogP contribution in [0.4, 0.5) is 0 Å². The molecule has 0 bridgehead atoms. The van der Waals surface area contributed by atoms with Crippen molar-refractivity contribution in [1.29, 1.82) is 0 Å². The first kappa shape index (κ1) is 7.18. The van der Waals surface area contributed by atoms with E-state index in [2.05, 4.69) is 7.26 Å². The van der Waals surface area contributed by atoms with Crippen molar-refractivity contribution in [2.45, 2.75) is 0 Å². The largest absolute Gasteiger partial charge is 0.425 e. The Labute approximate surface area is 45.3 Å². The third-order valence-corrected chi connectivity index (χ3v) is 2.00. The molecule has 0 aromatic carbocycles. The minimum Gasteiger partial charge on any atom is -0.344 e. The Morgan fingerprint density at radius 2 is 1.57 bits per heavy atom. The van der Waals surface area contributed by atoms with E-state index in [0.29, 0.717) is 12.3 Å². The van der Waals surface area contributed by atoms with Crippen molar-refractivity contribution in [3.63, 3.8) is 0 Å². The molecule has 1 heterocycles. The summed E-state index contributed by atoms with van der Waals surface area (Å²) in [7, 11) is -3.52. The van der Waals surface area contributed by atoms with Crippen LogP contribution in [0.15, 0.2) is 0 Å². The van der Waals surface area contributed by atoms with Crippen LogP contribution in [0, 0.1) is 0 Å². The summed E-state index contributed by atoms with van der Waals surface area (Å²) >= 11 is 0.456. The normalized spacial score (nSPS) is 24.6. The van der Waals surface area contributed by atoms with Gasteiger partial charge in [-0.2, -0.15) is 8.42 Å². The molecular formula is H3NO4S2. The lowest BCUT2D eigenvalue weighted by Gasteiger charge is -2.05. The maximum absolute atomic E-state index is 9.62. The van der Waals surface area contributed by atoms with E-state index in [1.807, 2.05) is 0 Å². The van der Waals surface area contributed by atoms with Crippen LogP contribution in [-0.2, 0) is 17.7 Å². The standard InChI is InChI=1S/H3N.O4S2/c;1-6(2)3-5-4-6/h1H3;. The summed E-state index contributed by atoms with van der Waals surface area (Å²) in [6, 6.07) is 0. The molecule has 1 aliphatic rings. The highest BCUT2D eigenvalue weighted by Gasteiger charge is 2.25. The van der Waals surface area contributed by atoms with Gasteiger partial charge in [-0.1, -0.05) is 0 Å². The maximum atomic E-state index is 9.62. The molecule has 7 heavy (non-hydrogen) atoms. The smallest absolute Gasteiger partial charge is 0.344 e. The van der Waals surface area contributed by atoms with Crippen LogP contribution < -0.4 is 6.15 Å². The van der Waals surface area contributed by atoms with Crippen LogP contribution in [0.5, 0.6) is 0 Å². The lowest BCUT2D eigenvalue weighted by Crippen LogP contribution is -2.10. The molecular weight excluding hydrogens is 142 g/mol. The molecule has 0 saturated carbocycles. The van der Waals surface area contributed by atoms with E-state index < -0.39 is 10.4 Å². The first-order chi connectivity index (χ1) is 2.71. The molecule has 1 fully saturated rings. The number of hydrogen-bond donors (Lipinski definition) is 1. The summed E-state index contributed by atoms with van der Waals surface area (Å²) in [6.07, 6.45) is 0. The average Bonchev–Trinajstić information content (AvgIpc) is 1.32. The fourth-order valence-electron chi connectivity index (χ4n) is 0.0731. The Morgan fingerprint density at radius 1 is 1.29 bits per heavy atom. The molecule has 7 heteroatoms. The molecule has 0 aromatic rings. The second-order valence-electron chi connectivity index (χ2n) is 0.612. The van der Waals surface area contributed by atoms with Gasteiger partial charge in [-0.3, -0.25) is 0 Å². The summed E-state index contributed by atoms with van der Waals surface area (Å²) in [5.74, 6) is 0. The second kappa shape index (κ2) is 1.97. The summed E-state index contributed by atoms with van der Waals surface area (Å²) in [4.78, 5) is 0. The molecule has 0 radical (unpaired) electrons. The minimum absolute atomic E-state index is 0. The lowest BCUT2D eigenvalue weighted by atomic mass is 14.0. The molecule has 1 aliphatic heterocycles. The van der Waals surface area contributed by atoms with Gasteiger partial charge in [0.2, 0.25) is 0 Å². The minimum atomic E-state index is -3.52. The molecule has 0 aliphatic carbocycles. The third kappa shape index (κ3) is 1.61. The fourth-order valence-corrected chi connectivity index (χ4v) is 0.658. The zero-order valence-corrected chi connectivity index (χ0v) is 4.79. The van der Waals surface area contributed by atoms with Gasteiger partial charge in [-0.05, 0) is 0 Å². The zero-order chi connectivity index (χ0) is 4.62. The van der Waals surface area contributed by atoms with Crippen LogP contribution in [0.1, 0.15) is 0 Å². The van der Waals surface area contributed by atoms with E-state index in [9.17, 15) is 8.42 Å². The van der Waals surface area contributed by atoms with Gasteiger partial charge in [0.15, 0.2) is 12.3 Å². The van der Waals surface area contributed by atoms with E-state index in [0.717, 1.165) is 0 Å². The molecule has 3 N–H and O–H groups in total. The van der Waals surface area contributed by atoms with E-state index in [-0.39, 0.29) is 6.15 Å². The highest BCUT2D eigenvalue weighted by atomic mass is 32.3. The molecule has 0 spiro atoms. The highest BCUT2D eigenvalue weighted by molar-refractivity contribution is 8.12. The van der Waals surface area contributed by atoms with E-state index in [1.54, 1.807) is 0 Å². The van der Waals surface area contributed by atoms with Crippen molar-refractivity contribution in [3.8, 4) is 0 Å². The summed E-state index contributed by atoms with van der Waals surface area (Å²) in [6.45, 7) is 0. The lowest BCUT2D eigenvalue weighted by molar-refractivity contribution is 0.371. The van der Waals surface area contributed by atoms with Gasteiger partial charge in [-0.15, -0.1) is 7.26 Å². The fraction of sp³-hybridized carbons (Fsp3) is 0. The average molecular weight is 145 g/mol. The van der Waals surface area contributed by atoms with E-state index in [1.165, 1.54) is 0 Å². The van der Waals surface area contributed by atoms with Crippen molar-refractivity contribution in [2.24, 2.45) is 0 Å². The van der Waals surface area contributed by atoms with Crippen LogP contribution in [0.25, 0.3) is 0 Å². The van der Waals surface area contributed by atoms with Gasteiger partial charge in [0.25, 0.3) is 0 Å². The Hall–Kier alpha value is 0.180. The number of hydrogen-bond acceptors (Lipinski definition) is 6. The predicted octanol–water partition coefficient (Wildman–Crippen LogP) is 0.00320. The monoisotopic (exact) mass is 145 g/mol. The van der Waals surface area contributed by atoms with Crippen molar-refractivity contribution in [1.82, 2.24) is 6.15 Å². The first-order valence-electron chi connectivity index (χ1n) is 1.00. The van der Waals surface area contributed by atoms with Crippen molar-refractivity contribution >= 4 is 22.7 Å². The molecule has 1 saturated heterocycles. The van der Waals surface area contributed by atoms with Crippen molar-refractivity contribution < 1.29 is 15.7 Å². The molecule has 0 aromatic heterocycles. The van der Waals surface area contributed by atoms with E-state index >= 15 is 0 Å². The number of rotatable bonds is 0. The Morgan fingerprint density at radius 3 is 1.57 bits per heavy atom. The van der Waals surface area contributed by atoms with Gasteiger partial charge in [-0.25, -0.2) is 0 Å². The van der Waals surface area contributed by atoms with Crippen LogP contribution in [0.2, 0.25) is 0 Å². The van der Waals surface area contributed by atoms with Crippen LogP contribution in [-0.4, -0.2) is 8.42 Å². The highest BCUT2D eigenvalue weighted by Crippen LogP contribution is 2.25. The Kier molecular flexibility index (Phi) is 2.02. The zero-order valence-electron chi connectivity index (χ0n) is 3.16. The summed E-state index contributed by atoms with van der Waals surface area (Å²) in [5.41, 5.74) is 0. The summed E-state index contributed by atoms with van der Waals surface area (Å²) in [5, 5.41) is 0. The first-order valence-corrected chi connectivity index (χ1v) is 3.00. The Bertz CT molecular complexity index is 124. The molecule has 0 atom stereocenters. The van der Waals surface area contributed by atoms with E-state index in [4.69, 9.17) is 0 Å². The second-order valence-corrected chi connectivity index (χ2v) is 2.65. The Balaban J connectivity index is 0.000000360. The van der Waals surface area contributed by atoms with Gasteiger partial charge < -0.3 is 6.15 Å².